The second kappa shape index (κ2) is 6.60. The summed E-state index contributed by atoms with van der Waals surface area (Å²) >= 11 is 0. The molecule has 0 aromatic heterocycles. The summed E-state index contributed by atoms with van der Waals surface area (Å²) in [6.07, 6.45) is 1.33. The van der Waals surface area contributed by atoms with Crippen molar-refractivity contribution in [2.75, 3.05) is 10.2 Å². The summed E-state index contributed by atoms with van der Waals surface area (Å²) in [5.74, 6) is -1.39. The molecule has 1 saturated heterocycles. The number of carbonyl (C=O) groups is 3. The van der Waals surface area contributed by atoms with Gasteiger partial charge in [-0.1, -0.05) is 30.3 Å². The Bertz CT molecular complexity index is 902. The molecule has 0 bridgehead atoms. The maximum atomic E-state index is 12.7. The van der Waals surface area contributed by atoms with Crippen molar-refractivity contribution < 1.29 is 14.4 Å². The van der Waals surface area contributed by atoms with Gasteiger partial charge in [0.25, 0.3) is 11.8 Å². The first kappa shape index (κ1) is 16.4. The van der Waals surface area contributed by atoms with Gasteiger partial charge in [-0.2, -0.15) is 0 Å². The van der Waals surface area contributed by atoms with Gasteiger partial charge in [-0.25, -0.2) is 9.69 Å². The number of benzene rings is 2. The van der Waals surface area contributed by atoms with Gasteiger partial charge >= 0.3 is 6.03 Å². The van der Waals surface area contributed by atoms with Crippen molar-refractivity contribution in [1.82, 2.24) is 5.32 Å². The minimum atomic E-state index is -0.756. The van der Waals surface area contributed by atoms with Gasteiger partial charge in [-0.05, 0) is 43.2 Å². The normalized spacial score (nSPS) is 16.2. The SMILES string of the molecule is Cc1cccc(N2C(=O)NC(=O)C(=CNc3ccccc3C)C2=O)c1. The fourth-order valence-corrected chi connectivity index (χ4v) is 2.54. The molecule has 1 aliphatic rings. The molecule has 0 atom stereocenters. The number of rotatable bonds is 3. The van der Waals surface area contributed by atoms with Crippen LogP contribution in [-0.4, -0.2) is 17.8 Å². The summed E-state index contributed by atoms with van der Waals surface area (Å²) in [4.78, 5) is 37.9. The molecule has 0 saturated carbocycles. The predicted octanol–water partition coefficient (Wildman–Crippen LogP) is 2.88. The number of urea groups is 1. The highest BCUT2D eigenvalue weighted by atomic mass is 16.2. The number of amides is 4. The quantitative estimate of drug-likeness (QED) is 0.668. The highest BCUT2D eigenvalue weighted by Crippen LogP contribution is 2.22. The summed E-state index contributed by atoms with van der Waals surface area (Å²) in [7, 11) is 0. The molecule has 0 unspecified atom stereocenters. The fraction of sp³-hybridized carbons (Fsp3) is 0.105. The van der Waals surface area contributed by atoms with Crippen molar-refractivity contribution in [3.63, 3.8) is 0 Å². The highest BCUT2D eigenvalue weighted by molar-refractivity contribution is 6.37. The lowest BCUT2D eigenvalue weighted by Gasteiger charge is -2.26. The molecule has 4 amide bonds. The minimum Gasteiger partial charge on any atom is -0.360 e. The van der Waals surface area contributed by atoms with Gasteiger partial charge in [0.15, 0.2) is 0 Å². The maximum absolute atomic E-state index is 12.7. The van der Waals surface area contributed by atoms with E-state index in [1.54, 1.807) is 18.2 Å². The Morgan fingerprint density at radius 3 is 2.48 bits per heavy atom. The number of nitrogens with one attached hydrogen (secondary N) is 2. The molecule has 3 rings (SSSR count). The van der Waals surface area contributed by atoms with E-state index < -0.39 is 17.8 Å². The molecule has 2 aromatic rings. The minimum absolute atomic E-state index is 0.135. The first-order valence-corrected chi connectivity index (χ1v) is 7.76. The number of hydrogen-bond acceptors (Lipinski definition) is 4. The Balaban J connectivity index is 1.93. The van der Waals surface area contributed by atoms with Gasteiger partial charge in [0.05, 0.1) is 5.69 Å². The number of hydrogen-bond donors (Lipinski definition) is 2. The van der Waals surface area contributed by atoms with Crippen LogP contribution in [0.15, 0.2) is 60.3 Å². The van der Waals surface area contributed by atoms with E-state index in [0.717, 1.165) is 21.7 Å². The van der Waals surface area contributed by atoms with E-state index in [-0.39, 0.29) is 5.57 Å². The van der Waals surface area contributed by atoms with Crippen molar-refractivity contribution in [2.45, 2.75) is 13.8 Å². The zero-order valence-electron chi connectivity index (χ0n) is 13.9. The van der Waals surface area contributed by atoms with Crippen LogP contribution in [0.4, 0.5) is 16.2 Å². The standard InChI is InChI=1S/C19H17N3O3/c1-12-6-5-8-14(10-12)22-18(24)15(17(23)21-19(22)25)11-20-16-9-4-3-7-13(16)2/h3-11,20H,1-2H3,(H,21,23,25). The summed E-state index contributed by atoms with van der Waals surface area (Å²) in [6, 6.07) is 13.7. The zero-order valence-corrected chi connectivity index (χ0v) is 13.9. The van der Waals surface area contributed by atoms with Gasteiger partial charge in [0.2, 0.25) is 0 Å². The number of anilines is 2. The van der Waals surface area contributed by atoms with Crippen LogP contribution in [0.2, 0.25) is 0 Å². The Kier molecular flexibility index (Phi) is 4.35. The van der Waals surface area contributed by atoms with E-state index in [1.165, 1.54) is 6.20 Å². The lowest BCUT2D eigenvalue weighted by molar-refractivity contribution is -0.122. The molecule has 6 heteroatoms. The molecule has 6 nitrogen and oxygen atoms in total. The third-order valence-electron chi connectivity index (χ3n) is 3.88. The van der Waals surface area contributed by atoms with Crippen LogP contribution >= 0.6 is 0 Å². The number of nitrogens with zero attached hydrogens (tertiary/aromatic N) is 1. The molecular weight excluding hydrogens is 318 g/mol. The van der Waals surface area contributed by atoms with Crippen LogP contribution < -0.4 is 15.5 Å². The monoisotopic (exact) mass is 335 g/mol. The highest BCUT2D eigenvalue weighted by Gasteiger charge is 2.36. The second-order valence-corrected chi connectivity index (χ2v) is 5.76. The molecule has 2 aromatic carbocycles. The molecule has 1 fully saturated rings. The van der Waals surface area contributed by atoms with Gasteiger partial charge < -0.3 is 5.32 Å². The third kappa shape index (κ3) is 3.28. The number of barbiturate groups is 1. The van der Waals surface area contributed by atoms with E-state index in [4.69, 9.17) is 0 Å². The summed E-state index contributed by atoms with van der Waals surface area (Å²) in [5, 5.41) is 5.16. The molecule has 1 aliphatic heterocycles. The third-order valence-corrected chi connectivity index (χ3v) is 3.88. The van der Waals surface area contributed by atoms with Crippen molar-refractivity contribution >= 4 is 29.2 Å². The van der Waals surface area contributed by atoms with Crippen LogP contribution in [0, 0.1) is 13.8 Å². The lowest BCUT2D eigenvalue weighted by atomic mass is 10.1. The maximum Gasteiger partial charge on any atom is 0.335 e. The Hall–Kier alpha value is -3.41. The molecule has 0 aliphatic carbocycles. The number of para-hydroxylation sites is 1. The van der Waals surface area contributed by atoms with Crippen LogP contribution in [0.25, 0.3) is 0 Å². The summed E-state index contributed by atoms with van der Waals surface area (Å²) < 4.78 is 0. The first-order chi connectivity index (χ1) is 12.0. The molecule has 1 heterocycles. The van der Waals surface area contributed by atoms with Crippen molar-refractivity contribution in [3.8, 4) is 0 Å². The van der Waals surface area contributed by atoms with Gasteiger partial charge in [0, 0.05) is 11.9 Å². The molecule has 0 spiro atoms. The van der Waals surface area contributed by atoms with Crippen molar-refractivity contribution in [1.29, 1.82) is 0 Å². The molecular formula is C19H17N3O3. The predicted molar refractivity (Wildman–Crippen MR) is 95.1 cm³/mol. The summed E-state index contributed by atoms with van der Waals surface area (Å²) in [5.41, 5.74) is 2.92. The smallest absolute Gasteiger partial charge is 0.335 e. The first-order valence-electron chi connectivity index (χ1n) is 7.76. The van der Waals surface area contributed by atoms with Crippen LogP contribution in [0.1, 0.15) is 11.1 Å². The van der Waals surface area contributed by atoms with E-state index in [0.29, 0.717) is 5.69 Å². The summed E-state index contributed by atoms with van der Waals surface area (Å²) in [6.45, 7) is 3.77. The largest absolute Gasteiger partial charge is 0.360 e. The number of imide groups is 2. The number of aryl methyl sites for hydroxylation is 2. The van der Waals surface area contributed by atoms with E-state index in [2.05, 4.69) is 10.6 Å². The van der Waals surface area contributed by atoms with E-state index >= 15 is 0 Å². The zero-order chi connectivity index (χ0) is 18.0. The Morgan fingerprint density at radius 1 is 1.00 bits per heavy atom. The molecule has 2 N–H and O–H groups in total. The van der Waals surface area contributed by atoms with Crippen molar-refractivity contribution in [3.05, 3.63) is 71.4 Å². The molecule has 0 radical (unpaired) electrons. The van der Waals surface area contributed by atoms with E-state index in [1.807, 2.05) is 44.2 Å². The second-order valence-electron chi connectivity index (χ2n) is 5.76. The lowest BCUT2D eigenvalue weighted by Crippen LogP contribution is -2.54. The van der Waals surface area contributed by atoms with Gasteiger partial charge in [-0.3, -0.25) is 14.9 Å². The Labute approximate surface area is 145 Å². The van der Waals surface area contributed by atoms with Crippen LogP contribution in [0.5, 0.6) is 0 Å². The van der Waals surface area contributed by atoms with Crippen LogP contribution in [0.3, 0.4) is 0 Å². The van der Waals surface area contributed by atoms with Gasteiger partial charge in [-0.15, -0.1) is 0 Å². The molecule has 126 valence electrons. The average Bonchev–Trinajstić information content (AvgIpc) is 2.56. The average molecular weight is 335 g/mol. The van der Waals surface area contributed by atoms with Crippen LogP contribution in [-0.2, 0) is 9.59 Å². The topological polar surface area (TPSA) is 78.5 Å². The van der Waals surface area contributed by atoms with E-state index in [9.17, 15) is 14.4 Å². The molecule has 25 heavy (non-hydrogen) atoms. The van der Waals surface area contributed by atoms with Gasteiger partial charge in [0.1, 0.15) is 5.57 Å². The number of carbonyl (C=O) groups excluding carboxylic acids is 3. The Morgan fingerprint density at radius 2 is 1.76 bits per heavy atom. The van der Waals surface area contributed by atoms with Crippen molar-refractivity contribution in [2.24, 2.45) is 0 Å². The fourth-order valence-electron chi connectivity index (χ4n) is 2.54.